The number of hydrogen-bond donors (Lipinski definition) is 1. The molecule has 0 saturated heterocycles. The lowest BCUT2D eigenvalue weighted by atomic mass is 10.1. The Morgan fingerprint density at radius 1 is 0.842 bits per heavy atom. The highest BCUT2D eigenvalue weighted by Gasteiger charge is 1.95. The van der Waals surface area contributed by atoms with Crippen LogP contribution in [-0.4, -0.2) is 11.1 Å². The minimum atomic E-state index is -0.676. The molecule has 0 bridgehead atoms. The van der Waals surface area contributed by atoms with Crippen LogP contribution in [0.15, 0.2) is 36.5 Å². The fraction of sp³-hybridized carbons (Fsp3) is 0.588. The predicted octanol–water partition coefficient (Wildman–Crippen LogP) is 5.27. The zero-order valence-electron chi connectivity index (χ0n) is 12.2. The second-order valence-electron chi connectivity index (χ2n) is 4.68. The molecular weight excluding hydrogens is 236 g/mol. The van der Waals surface area contributed by atoms with Gasteiger partial charge in [-0.05, 0) is 39.0 Å². The lowest BCUT2D eigenvalue weighted by molar-refractivity contribution is -0.137. The summed E-state index contributed by atoms with van der Waals surface area (Å²) in [7, 11) is 0. The van der Waals surface area contributed by atoms with Crippen molar-refractivity contribution in [2.24, 2.45) is 0 Å². The van der Waals surface area contributed by atoms with Gasteiger partial charge < -0.3 is 5.11 Å². The molecule has 0 aromatic rings. The highest BCUT2D eigenvalue weighted by molar-refractivity contribution is 5.66. The number of carboxylic acid groups (broad SMARTS) is 1. The van der Waals surface area contributed by atoms with Gasteiger partial charge in [0, 0.05) is 6.42 Å². The van der Waals surface area contributed by atoms with Gasteiger partial charge in [-0.1, -0.05) is 55.7 Å². The minimum Gasteiger partial charge on any atom is -0.481 e. The van der Waals surface area contributed by atoms with Gasteiger partial charge in [-0.25, -0.2) is 0 Å². The van der Waals surface area contributed by atoms with Gasteiger partial charge in [0.1, 0.15) is 0 Å². The molecule has 108 valence electrons. The first-order valence-corrected chi connectivity index (χ1v) is 7.40. The van der Waals surface area contributed by atoms with Gasteiger partial charge >= 0.3 is 5.97 Å². The van der Waals surface area contributed by atoms with E-state index in [9.17, 15) is 4.79 Å². The van der Waals surface area contributed by atoms with E-state index >= 15 is 0 Å². The second-order valence-corrected chi connectivity index (χ2v) is 4.68. The van der Waals surface area contributed by atoms with E-state index in [0.29, 0.717) is 6.42 Å². The average molecular weight is 264 g/mol. The zero-order valence-corrected chi connectivity index (χ0v) is 12.2. The molecule has 2 nitrogen and oxygen atoms in total. The normalized spacial score (nSPS) is 12.1. The van der Waals surface area contributed by atoms with Crippen LogP contribution in [0.1, 0.15) is 64.7 Å². The van der Waals surface area contributed by atoms with Crippen molar-refractivity contribution in [2.75, 3.05) is 0 Å². The smallest absolute Gasteiger partial charge is 0.303 e. The molecule has 0 amide bonds. The Balaban J connectivity index is 3.21. The van der Waals surface area contributed by atoms with Crippen molar-refractivity contribution in [3.05, 3.63) is 36.5 Å². The van der Waals surface area contributed by atoms with E-state index in [2.05, 4.69) is 36.5 Å². The molecule has 1 N–H and O–H groups in total. The molecule has 0 rings (SSSR count). The molecule has 0 unspecified atom stereocenters. The van der Waals surface area contributed by atoms with Crippen molar-refractivity contribution in [3.63, 3.8) is 0 Å². The minimum absolute atomic E-state index is 0.319. The van der Waals surface area contributed by atoms with E-state index in [1.165, 1.54) is 12.8 Å². The summed E-state index contributed by atoms with van der Waals surface area (Å²) in [5, 5.41) is 8.49. The van der Waals surface area contributed by atoms with Crippen LogP contribution in [0.3, 0.4) is 0 Å². The van der Waals surface area contributed by atoms with Crippen LogP contribution in [0.4, 0.5) is 0 Å². The third-order valence-corrected chi connectivity index (χ3v) is 2.87. The maximum Gasteiger partial charge on any atom is 0.303 e. The third kappa shape index (κ3) is 16.7. The van der Waals surface area contributed by atoms with Crippen molar-refractivity contribution in [2.45, 2.75) is 64.7 Å². The lowest BCUT2D eigenvalue weighted by Gasteiger charge is -1.98. The quantitative estimate of drug-likeness (QED) is 0.385. The Morgan fingerprint density at radius 3 is 2.11 bits per heavy atom. The summed E-state index contributed by atoms with van der Waals surface area (Å²) in [5.41, 5.74) is 0. The number of carboxylic acids is 1. The first kappa shape index (κ1) is 17.7. The summed E-state index contributed by atoms with van der Waals surface area (Å²) < 4.78 is 0. The summed E-state index contributed by atoms with van der Waals surface area (Å²) >= 11 is 0. The Labute approximate surface area is 117 Å². The molecule has 0 aliphatic carbocycles. The summed E-state index contributed by atoms with van der Waals surface area (Å²) in [6, 6.07) is 0. The molecule has 2 heteroatoms. The standard InChI is InChI=1S/C17H28O2/c1-2-3-4-5-6-7-8-9-10-11-12-13-14-15-16-17(18)19/h2-3,5-6,8-9H,4,7,10-16H2,1H3,(H,18,19). The Kier molecular flexibility index (Phi) is 13.7. The van der Waals surface area contributed by atoms with Crippen molar-refractivity contribution >= 4 is 5.97 Å². The van der Waals surface area contributed by atoms with Crippen molar-refractivity contribution in [1.29, 1.82) is 0 Å². The Bertz CT molecular complexity index is 288. The molecule has 0 atom stereocenters. The van der Waals surface area contributed by atoms with Gasteiger partial charge in [0.2, 0.25) is 0 Å². The SMILES string of the molecule is CC=CCC=CCC=CCCCCCCCC(=O)O. The molecule has 0 spiro atoms. The van der Waals surface area contributed by atoms with Crippen LogP contribution in [0.5, 0.6) is 0 Å². The van der Waals surface area contributed by atoms with Crippen LogP contribution in [-0.2, 0) is 4.79 Å². The lowest BCUT2D eigenvalue weighted by Crippen LogP contribution is -1.93. The van der Waals surface area contributed by atoms with E-state index in [1.54, 1.807) is 0 Å². The summed E-state index contributed by atoms with van der Waals surface area (Å²) in [6.45, 7) is 2.04. The fourth-order valence-corrected chi connectivity index (χ4v) is 1.77. The van der Waals surface area contributed by atoms with Crippen molar-refractivity contribution in [1.82, 2.24) is 0 Å². The second kappa shape index (κ2) is 14.7. The molecule has 0 heterocycles. The van der Waals surface area contributed by atoms with Crippen LogP contribution in [0, 0.1) is 0 Å². The molecule has 0 aliphatic heterocycles. The van der Waals surface area contributed by atoms with E-state index in [-0.39, 0.29) is 0 Å². The van der Waals surface area contributed by atoms with Crippen LogP contribution in [0.2, 0.25) is 0 Å². The highest BCUT2D eigenvalue weighted by atomic mass is 16.4. The molecule has 0 aromatic heterocycles. The first-order chi connectivity index (χ1) is 9.27. The fourth-order valence-electron chi connectivity index (χ4n) is 1.77. The van der Waals surface area contributed by atoms with E-state index in [0.717, 1.165) is 38.5 Å². The molecule has 0 saturated carbocycles. The molecule has 19 heavy (non-hydrogen) atoms. The van der Waals surface area contributed by atoms with Crippen molar-refractivity contribution in [3.8, 4) is 0 Å². The number of allylic oxidation sites excluding steroid dienone is 6. The monoisotopic (exact) mass is 264 g/mol. The number of aliphatic carboxylic acids is 1. The van der Waals surface area contributed by atoms with Gasteiger partial charge in [0.05, 0.1) is 0 Å². The molecule has 0 aromatic carbocycles. The van der Waals surface area contributed by atoms with E-state index < -0.39 is 5.97 Å². The first-order valence-electron chi connectivity index (χ1n) is 7.40. The maximum atomic E-state index is 10.3. The molecule has 0 aliphatic rings. The average Bonchev–Trinajstić information content (AvgIpc) is 2.39. The van der Waals surface area contributed by atoms with Crippen LogP contribution < -0.4 is 0 Å². The number of hydrogen-bond acceptors (Lipinski definition) is 1. The van der Waals surface area contributed by atoms with Crippen LogP contribution >= 0.6 is 0 Å². The van der Waals surface area contributed by atoms with E-state index in [1.807, 2.05) is 6.92 Å². The van der Waals surface area contributed by atoms with Gasteiger partial charge in [-0.15, -0.1) is 0 Å². The predicted molar refractivity (Wildman–Crippen MR) is 82.3 cm³/mol. The number of rotatable bonds is 12. The maximum absolute atomic E-state index is 10.3. The zero-order chi connectivity index (χ0) is 14.2. The van der Waals surface area contributed by atoms with Crippen molar-refractivity contribution < 1.29 is 9.90 Å². The largest absolute Gasteiger partial charge is 0.481 e. The molecular formula is C17H28O2. The van der Waals surface area contributed by atoms with Gasteiger partial charge in [0.25, 0.3) is 0 Å². The molecule has 0 fully saturated rings. The number of unbranched alkanes of at least 4 members (excludes halogenated alkanes) is 5. The summed E-state index contributed by atoms with van der Waals surface area (Å²) in [6.07, 6.45) is 22.0. The van der Waals surface area contributed by atoms with Gasteiger partial charge in [-0.2, -0.15) is 0 Å². The van der Waals surface area contributed by atoms with Crippen LogP contribution in [0.25, 0.3) is 0 Å². The Morgan fingerprint density at radius 2 is 1.42 bits per heavy atom. The number of carbonyl (C=O) groups is 1. The summed E-state index contributed by atoms with van der Waals surface area (Å²) in [5.74, 6) is -0.676. The van der Waals surface area contributed by atoms with E-state index in [4.69, 9.17) is 5.11 Å². The van der Waals surface area contributed by atoms with Gasteiger partial charge in [0.15, 0.2) is 0 Å². The van der Waals surface area contributed by atoms with Gasteiger partial charge in [-0.3, -0.25) is 4.79 Å². The Hall–Kier alpha value is -1.31. The highest BCUT2D eigenvalue weighted by Crippen LogP contribution is 2.07. The summed E-state index contributed by atoms with van der Waals surface area (Å²) in [4.78, 5) is 10.3. The topological polar surface area (TPSA) is 37.3 Å². The third-order valence-electron chi connectivity index (χ3n) is 2.87. The molecule has 0 radical (unpaired) electrons.